The molecule has 1 amide bonds. The number of fused-ring (bicyclic) bond motifs is 5. The van der Waals surface area contributed by atoms with Crippen LogP contribution in [0.1, 0.15) is 118 Å². The Labute approximate surface area is 287 Å². The Hall–Kier alpha value is -1.39. The Kier molecular flexibility index (Phi) is 13.4. The van der Waals surface area contributed by atoms with Crippen LogP contribution in [0.15, 0.2) is 11.6 Å². The molecule has 4 aliphatic carbocycles. The second-order valence-electron chi connectivity index (χ2n) is 17.0. The van der Waals surface area contributed by atoms with Gasteiger partial charge in [0, 0.05) is 13.0 Å². The monoisotopic (exact) mass is 687 g/mol. The van der Waals surface area contributed by atoms with Gasteiger partial charge in [0.1, 0.15) is 6.10 Å². The molecule has 0 aromatic carbocycles. The maximum absolute atomic E-state index is 14.4. The lowest BCUT2D eigenvalue weighted by molar-refractivity contribution is -0.0618. The van der Waals surface area contributed by atoms with Crippen LogP contribution in [0.3, 0.4) is 0 Å². The number of carbonyl (C=O) groups excluding carboxylic acids is 1. The normalized spacial score (nSPS) is 32.7. The van der Waals surface area contributed by atoms with E-state index in [0.29, 0.717) is 36.5 Å². The number of ether oxygens (including phenoxy) is 1. The third-order valence-electron chi connectivity index (χ3n) is 13.2. The molecule has 0 heterocycles. The van der Waals surface area contributed by atoms with Gasteiger partial charge in [-0.05, 0) is 111 Å². The second kappa shape index (κ2) is 16.3. The maximum Gasteiger partial charge on any atom is 0.410 e. The van der Waals surface area contributed by atoms with E-state index in [1.807, 2.05) is 0 Å². The van der Waals surface area contributed by atoms with Gasteiger partial charge in [0.05, 0.1) is 26.2 Å². The highest BCUT2D eigenvalue weighted by Gasteiger charge is 2.59. The van der Waals surface area contributed by atoms with E-state index in [9.17, 15) is 22.4 Å². The molecule has 48 heavy (non-hydrogen) atoms. The van der Waals surface area contributed by atoms with E-state index >= 15 is 0 Å². The average Bonchev–Trinajstić information content (AvgIpc) is 3.39. The Morgan fingerprint density at radius 2 is 1.71 bits per heavy atom. The molecule has 0 radical (unpaired) electrons. The molecule has 278 valence electrons. The fraction of sp³-hybridized carbons (Fsp3) is 0.921. The summed E-state index contributed by atoms with van der Waals surface area (Å²) in [5.41, 5.74) is 12.3. The van der Waals surface area contributed by atoms with E-state index in [2.05, 4.69) is 46.0 Å². The molecule has 4 rings (SSSR count). The highest BCUT2D eigenvalue weighted by molar-refractivity contribution is 5.68. The van der Waals surface area contributed by atoms with Crippen molar-refractivity contribution in [2.75, 3.05) is 39.3 Å². The van der Waals surface area contributed by atoms with Crippen LogP contribution in [0.4, 0.5) is 22.4 Å². The van der Waals surface area contributed by atoms with E-state index in [4.69, 9.17) is 16.2 Å². The number of nitrogens with zero attached hydrogens (tertiary/aromatic N) is 1. The standard InChI is InChI=1S/C38H66F4N4O2/c1-26(2)9-8-10-27(3)31-13-14-32-30-12-11-28-21-29(15-17-35(28,4)33(30)16-18-36(31,32)5)48-34(47)46(25-38(41,42)23-44)20-7-6-19-45-24-37(39,40)22-43/h11,26-27,29-33,45H,6-10,12-25,43-44H2,1-5H3/t27-,29+,30+,31-,32+,33+,35+,36-/m1/s1. The number of rotatable bonds is 17. The van der Waals surface area contributed by atoms with Gasteiger partial charge in [0.25, 0.3) is 11.8 Å². The van der Waals surface area contributed by atoms with Crippen molar-refractivity contribution in [3.63, 3.8) is 0 Å². The topological polar surface area (TPSA) is 93.6 Å². The molecule has 4 aliphatic rings. The van der Waals surface area contributed by atoms with Crippen molar-refractivity contribution in [3.05, 3.63) is 11.6 Å². The van der Waals surface area contributed by atoms with Crippen molar-refractivity contribution >= 4 is 6.09 Å². The maximum atomic E-state index is 14.4. The molecule has 0 bridgehead atoms. The Bertz CT molecular complexity index is 1090. The number of alkyl halides is 4. The van der Waals surface area contributed by atoms with Crippen LogP contribution in [0.5, 0.6) is 0 Å². The van der Waals surface area contributed by atoms with Crippen LogP contribution in [0.25, 0.3) is 0 Å². The van der Waals surface area contributed by atoms with Crippen LogP contribution in [0.2, 0.25) is 0 Å². The largest absolute Gasteiger partial charge is 0.446 e. The lowest BCUT2D eigenvalue weighted by Crippen LogP contribution is -2.51. The molecule has 3 fully saturated rings. The minimum Gasteiger partial charge on any atom is -0.446 e. The molecule has 0 unspecified atom stereocenters. The number of nitrogens with one attached hydrogen (secondary N) is 1. The molecule has 8 atom stereocenters. The van der Waals surface area contributed by atoms with Crippen molar-refractivity contribution in [1.29, 1.82) is 0 Å². The van der Waals surface area contributed by atoms with Crippen molar-refractivity contribution < 1.29 is 27.1 Å². The van der Waals surface area contributed by atoms with Gasteiger partial charge in [-0.1, -0.05) is 65.5 Å². The molecule has 0 aliphatic heterocycles. The highest BCUT2D eigenvalue weighted by atomic mass is 19.3. The first kappa shape index (κ1) is 39.4. The van der Waals surface area contributed by atoms with Crippen molar-refractivity contribution in [3.8, 4) is 0 Å². The summed E-state index contributed by atoms with van der Waals surface area (Å²) < 4.78 is 61.3. The molecule has 5 N–H and O–H groups in total. The van der Waals surface area contributed by atoms with Gasteiger partial charge < -0.3 is 26.4 Å². The summed E-state index contributed by atoms with van der Waals surface area (Å²) in [6.07, 6.45) is 14.8. The zero-order valence-corrected chi connectivity index (χ0v) is 30.5. The lowest BCUT2D eigenvalue weighted by atomic mass is 9.47. The molecule has 6 nitrogen and oxygen atoms in total. The molecular formula is C38H66F4N4O2. The van der Waals surface area contributed by atoms with E-state index < -0.39 is 44.1 Å². The summed E-state index contributed by atoms with van der Waals surface area (Å²) in [6.45, 7) is 9.52. The third kappa shape index (κ3) is 9.28. The minimum atomic E-state index is -3.24. The molecule has 0 spiro atoms. The number of nitrogens with two attached hydrogens (primary N) is 2. The van der Waals surface area contributed by atoms with Gasteiger partial charge in [0.2, 0.25) is 0 Å². The quantitative estimate of drug-likeness (QED) is 0.0812. The van der Waals surface area contributed by atoms with Crippen molar-refractivity contribution in [2.45, 2.75) is 136 Å². The molecule has 3 saturated carbocycles. The first-order valence-corrected chi connectivity index (χ1v) is 19.1. The van der Waals surface area contributed by atoms with Gasteiger partial charge in [-0.15, -0.1) is 0 Å². The molecular weight excluding hydrogens is 620 g/mol. The number of unbranched alkanes of at least 4 members (excludes halogenated alkanes) is 1. The van der Waals surface area contributed by atoms with E-state index in [1.165, 1.54) is 50.5 Å². The fourth-order valence-corrected chi connectivity index (χ4v) is 10.4. The first-order valence-electron chi connectivity index (χ1n) is 19.1. The predicted molar refractivity (Wildman–Crippen MR) is 185 cm³/mol. The zero-order chi connectivity index (χ0) is 35.3. The third-order valence-corrected chi connectivity index (χ3v) is 13.2. The van der Waals surface area contributed by atoms with Crippen molar-refractivity contribution in [1.82, 2.24) is 10.2 Å². The molecule has 10 heteroatoms. The number of halogens is 4. The van der Waals surface area contributed by atoms with E-state index in [0.717, 1.165) is 47.8 Å². The summed E-state index contributed by atoms with van der Waals surface area (Å²) in [6, 6.07) is 0. The summed E-state index contributed by atoms with van der Waals surface area (Å²) in [4.78, 5) is 14.3. The highest BCUT2D eigenvalue weighted by Crippen LogP contribution is 2.67. The number of amides is 1. The van der Waals surface area contributed by atoms with Crippen LogP contribution in [-0.2, 0) is 4.74 Å². The van der Waals surface area contributed by atoms with E-state index in [-0.39, 0.29) is 24.6 Å². The summed E-state index contributed by atoms with van der Waals surface area (Å²) in [5, 5.41) is 2.65. The average molecular weight is 687 g/mol. The first-order chi connectivity index (χ1) is 22.5. The number of hydrogen-bond donors (Lipinski definition) is 3. The van der Waals surface area contributed by atoms with Crippen LogP contribution in [-0.4, -0.2) is 68.2 Å². The van der Waals surface area contributed by atoms with Gasteiger partial charge in [-0.25, -0.2) is 22.4 Å². The number of hydrogen-bond acceptors (Lipinski definition) is 5. The van der Waals surface area contributed by atoms with Crippen LogP contribution < -0.4 is 16.8 Å². The Balaban J connectivity index is 1.34. The smallest absolute Gasteiger partial charge is 0.410 e. The van der Waals surface area contributed by atoms with Crippen LogP contribution >= 0.6 is 0 Å². The zero-order valence-electron chi connectivity index (χ0n) is 30.5. The van der Waals surface area contributed by atoms with Crippen LogP contribution in [0, 0.1) is 46.3 Å². The lowest BCUT2D eigenvalue weighted by Gasteiger charge is -2.58. The SMILES string of the molecule is CC(C)CCC[C@@H](C)[C@H]1CC[C@H]2[C@@H]3CC=C4C[C@@H](OC(=O)N(CCCCNCC(F)(F)CN)CC(F)(F)CN)CC[C@]4(C)[C@H]3CC[C@]12C. The fourth-order valence-electron chi connectivity index (χ4n) is 10.4. The van der Waals surface area contributed by atoms with Gasteiger partial charge in [-0.2, -0.15) is 0 Å². The van der Waals surface area contributed by atoms with Crippen molar-refractivity contribution in [2.24, 2.45) is 57.8 Å². The Morgan fingerprint density at radius 1 is 0.979 bits per heavy atom. The van der Waals surface area contributed by atoms with Gasteiger partial charge in [-0.3, -0.25) is 0 Å². The summed E-state index contributed by atoms with van der Waals surface area (Å²) in [5.74, 6) is -1.76. The molecule has 0 saturated heterocycles. The minimum absolute atomic E-state index is 0.0394. The predicted octanol–water partition coefficient (Wildman–Crippen LogP) is 8.39. The molecule has 0 aromatic heterocycles. The molecule has 0 aromatic rings. The second-order valence-corrected chi connectivity index (χ2v) is 17.0. The summed E-state index contributed by atoms with van der Waals surface area (Å²) >= 11 is 0. The number of carbonyl (C=O) groups is 1. The van der Waals surface area contributed by atoms with E-state index in [1.54, 1.807) is 0 Å². The van der Waals surface area contributed by atoms with Gasteiger partial charge >= 0.3 is 6.09 Å². The Morgan fingerprint density at radius 3 is 2.40 bits per heavy atom. The summed E-state index contributed by atoms with van der Waals surface area (Å²) in [7, 11) is 0. The van der Waals surface area contributed by atoms with Gasteiger partial charge in [0.15, 0.2) is 0 Å². The number of allylic oxidation sites excluding steroid dienone is 1.